The van der Waals surface area contributed by atoms with Gasteiger partial charge in [0.05, 0.1) is 57.2 Å². The van der Waals surface area contributed by atoms with Crippen LogP contribution in [-0.4, -0.2) is 69.4 Å². The summed E-state index contributed by atoms with van der Waals surface area (Å²) in [5.41, 5.74) is 0. The van der Waals surface area contributed by atoms with Gasteiger partial charge < -0.3 is 42.6 Å². The Kier molecular flexibility index (Phi) is 17.9. The van der Waals surface area contributed by atoms with Gasteiger partial charge >= 0.3 is 35.8 Å². The summed E-state index contributed by atoms with van der Waals surface area (Å²) in [5, 5.41) is 0. The third-order valence-corrected chi connectivity index (χ3v) is 10.4. The zero-order chi connectivity index (χ0) is 44.3. The molecular formula is C47H52O15. The molecule has 62 heavy (non-hydrogen) atoms. The SMILES string of the molecule is C=CC(=O)OCCCOc1ccc(OC(=O)C2CCC(C(=O)Oc3ccc(OC(=O)C4CCC(C(=O)Oc5ccc(OCCCOC(=O)C=C)cc5)CC4)c(OC)c3)CC2)cc1. The monoisotopic (exact) mass is 856 g/mol. The van der Waals surface area contributed by atoms with Gasteiger partial charge in [0.15, 0.2) is 11.5 Å². The van der Waals surface area contributed by atoms with E-state index in [2.05, 4.69) is 13.2 Å². The molecule has 0 radical (unpaired) electrons. The number of rotatable bonds is 21. The maximum atomic E-state index is 13.2. The molecule has 330 valence electrons. The molecule has 2 fully saturated rings. The molecule has 0 N–H and O–H groups in total. The fourth-order valence-electron chi connectivity index (χ4n) is 6.88. The van der Waals surface area contributed by atoms with Crippen LogP contribution >= 0.6 is 0 Å². The van der Waals surface area contributed by atoms with Crippen LogP contribution in [0.25, 0.3) is 0 Å². The summed E-state index contributed by atoms with van der Waals surface area (Å²) in [5.74, 6) is -1.64. The molecule has 2 aliphatic rings. The number of methoxy groups -OCH3 is 1. The molecule has 2 aliphatic carbocycles. The van der Waals surface area contributed by atoms with Crippen LogP contribution in [0.1, 0.15) is 64.2 Å². The number of hydrogen-bond acceptors (Lipinski definition) is 15. The van der Waals surface area contributed by atoms with Crippen LogP contribution in [0.5, 0.6) is 40.2 Å². The standard InChI is InChI=1S/C47H52O15/c1-4-42(48)57-28-6-26-55-35-16-20-37(21-17-35)59-44(50)31-8-10-33(11-9-31)46(52)61-39-24-25-40(41(30-39)54-3)62-47(53)34-14-12-32(13-15-34)45(51)60-38-22-18-36(19-23-38)56-27-7-29-58-43(49)5-2/h4-5,16-25,30-34H,1-2,6-15,26-29H2,3H3. The Labute approximate surface area is 360 Å². The summed E-state index contributed by atoms with van der Waals surface area (Å²) in [4.78, 5) is 74.2. The lowest BCUT2D eigenvalue weighted by atomic mass is 9.82. The number of esters is 6. The van der Waals surface area contributed by atoms with Crippen molar-refractivity contribution in [1.82, 2.24) is 0 Å². The van der Waals surface area contributed by atoms with E-state index in [1.165, 1.54) is 25.3 Å². The number of carbonyl (C=O) groups excluding carboxylic acids is 6. The summed E-state index contributed by atoms with van der Waals surface area (Å²) >= 11 is 0. The van der Waals surface area contributed by atoms with Crippen LogP contribution in [0.2, 0.25) is 0 Å². The van der Waals surface area contributed by atoms with E-state index in [0.717, 1.165) is 12.2 Å². The van der Waals surface area contributed by atoms with Gasteiger partial charge in [-0.05, 0) is 112 Å². The smallest absolute Gasteiger partial charge is 0.330 e. The Hall–Kier alpha value is -6.64. The average Bonchev–Trinajstić information content (AvgIpc) is 3.30. The third-order valence-electron chi connectivity index (χ3n) is 10.4. The second-order valence-corrected chi connectivity index (χ2v) is 14.7. The van der Waals surface area contributed by atoms with E-state index in [0.29, 0.717) is 100 Å². The van der Waals surface area contributed by atoms with Gasteiger partial charge in [0.2, 0.25) is 0 Å². The Balaban J connectivity index is 0.987. The maximum absolute atomic E-state index is 13.2. The highest BCUT2D eigenvalue weighted by Crippen LogP contribution is 2.37. The Morgan fingerprint density at radius 1 is 0.468 bits per heavy atom. The molecule has 0 saturated heterocycles. The maximum Gasteiger partial charge on any atom is 0.330 e. The first kappa shape index (κ1) is 46.4. The fourth-order valence-corrected chi connectivity index (χ4v) is 6.88. The predicted octanol–water partition coefficient (Wildman–Crippen LogP) is 7.33. The molecule has 3 aromatic carbocycles. The lowest BCUT2D eigenvalue weighted by Gasteiger charge is -2.26. The van der Waals surface area contributed by atoms with E-state index < -0.39 is 35.7 Å². The van der Waals surface area contributed by atoms with Crippen LogP contribution in [0, 0.1) is 23.7 Å². The first-order valence-corrected chi connectivity index (χ1v) is 20.6. The highest BCUT2D eigenvalue weighted by atomic mass is 16.6. The Morgan fingerprint density at radius 3 is 1.18 bits per heavy atom. The number of hydrogen-bond donors (Lipinski definition) is 0. The van der Waals surface area contributed by atoms with Gasteiger partial charge in [0.1, 0.15) is 28.7 Å². The minimum Gasteiger partial charge on any atom is -0.493 e. The molecule has 0 aromatic heterocycles. The third kappa shape index (κ3) is 14.5. The lowest BCUT2D eigenvalue weighted by molar-refractivity contribution is -0.145. The van der Waals surface area contributed by atoms with Crippen molar-refractivity contribution in [3.05, 3.63) is 92.0 Å². The van der Waals surface area contributed by atoms with E-state index in [-0.39, 0.29) is 54.2 Å². The fraction of sp³-hybridized carbons (Fsp3) is 0.404. The van der Waals surface area contributed by atoms with Crippen molar-refractivity contribution in [2.24, 2.45) is 23.7 Å². The van der Waals surface area contributed by atoms with E-state index in [1.807, 2.05) is 0 Å². The van der Waals surface area contributed by atoms with Crippen molar-refractivity contribution in [3.63, 3.8) is 0 Å². The largest absolute Gasteiger partial charge is 0.493 e. The number of benzene rings is 3. The first-order chi connectivity index (χ1) is 30.0. The van der Waals surface area contributed by atoms with Crippen molar-refractivity contribution in [1.29, 1.82) is 0 Å². The van der Waals surface area contributed by atoms with Crippen LogP contribution in [-0.2, 0) is 38.2 Å². The molecule has 0 heterocycles. The molecule has 0 aliphatic heterocycles. The lowest BCUT2D eigenvalue weighted by Crippen LogP contribution is -2.30. The van der Waals surface area contributed by atoms with Crippen LogP contribution in [0.3, 0.4) is 0 Å². The topological polar surface area (TPSA) is 185 Å². The predicted molar refractivity (Wildman–Crippen MR) is 222 cm³/mol. The molecule has 0 spiro atoms. The molecule has 5 rings (SSSR count). The first-order valence-electron chi connectivity index (χ1n) is 20.6. The highest BCUT2D eigenvalue weighted by molar-refractivity contribution is 5.82. The van der Waals surface area contributed by atoms with E-state index in [4.69, 9.17) is 42.6 Å². The quantitative estimate of drug-likeness (QED) is 0.0449. The summed E-state index contributed by atoms with van der Waals surface area (Å²) in [6.07, 6.45) is 6.83. The van der Waals surface area contributed by atoms with Gasteiger partial charge in [-0.15, -0.1) is 0 Å². The second-order valence-electron chi connectivity index (χ2n) is 14.7. The van der Waals surface area contributed by atoms with Crippen LogP contribution in [0.4, 0.5) is 0 Å². The molecular weight excluding hydrogens is 805 g/mol. The van der Waals surface area contributed by atoms with Gasteiger partial charge in [-0.25, -0.2) is 9.59 Å². The highest BCUT2D eigenvalue weighted by Gasteiger charge is 2.34. The van der Waals surface area contributed by atoms with Gasteiger partial charge in [-0.3, -0.25) is 19.2 Å². The minimum atomic E-state index is -0.486. The molecule has 0 atom stereocenters. The van der Waals surface area contributed by atoms with Crippen molar-refractivity contribution in [2.45, 2.75) is 64.2 Å². The van der Waals surface area contributed by atoms with Crippen molar-refractivity contribution in [3.8, 4) is 40.2 Å². The zero-order valence-corrected chi connectivity index (χ0v) is 34.8. The van der Waals surface area contributed by atoms with Gasteiger partial charge in [0.25, 0.3) is 0 Å². The van der Waals surface area contributed by atoms with Crippen molar-refractivity contribution < 1.29 is 71.4 Å². The molecule has 0 amide bonds. The summed E-state index contributed by atoms with van der Waals surface area (Å²) in [6.45, 7) is 7.80. The molecule has 15 heteroatoms. The van der Waals surface area contributed by atoms with Crippen molar-refractivity contribution >= 4 is 35.8 Å². The Morgan fingerprint density at radius 2 is 0.806 bits per heavy atom. The van der Waals surface area contributed by atoms with E-state index in [9.17, 15) is 28.8 Å². The molecule has 3 aromatic rings. The molecule has 2 saturated carbocycles. The van der Waals surface area contributed by atoms with Crippen LogP contribution in [0.15, 0.2) is 92.0 Å². The molecule has 0 bridgehead atoms. The normalized spacial score (nSPS) is 18.1. The zero-order valence-electron chi connectivity index (χ0n) is 34.8. The number of carbonyl (C=O) groups is 6. The average molecular weight is 857 g/mol. The summed E-state index contributed by atoms with van der Waals surface area (Å²) in [6, 6.07) is 17.8. The summed E-state index contributed by atoms with van der Waals surface area (Å²) < 4.78 is 49.1. The van der Waals surface area contributed by atoms with Crippen LogP contribution < -0.4 is 33.2 Å². The van der Waals surface area contributed by atoms with Gasteiger partial charge in [-0.2, -0.15) is 0 Å². The van der Waals surface area contributed by atoms with Crippen molar-refractivity contribution in [2.75, 3.05) is 33.5 Å². The summed E-state index contributed by atoms with van der Waals surface area (Å²) in [7, 11) is 1.42. The molecule has 0 unspecified atom stereocenters. The Bertz CT molecular complexity index is 2010. The van der Waals surface area contributed by atoms with Gasteiger partial charge in [0, 0.05) is 31.1 Å². The second kappa shape index (κ2) is 24.0. The van der Waals surface area contributed by atoms with Gasteiger partial charge in [-0.1, -0.05) is 13.2 Å². The van der Waals surface area contributed by atoms with E-state index >= 15 is 0 Å². The number of ether oxygens (including phenoxy) is 9. The van der Waals surface area contributed by atoms with E-state index in [1.54, 1.807) is 48.5 Å². The molecule has 15 nitrogen and oxygen atoms in total. The minimum absolute atomic E-state index is 0.173.